The number of rotatable bonds is 7. The summed E-state index contributed by atoms with van der Waals surface area (Å²) in [7, 11) is 1.68. The van der Waals surface area contributed by atoms with E-state index in [0.717, 1.165) is 56.1 Å². The minimum absolute atomic E-state index is 0.142. The molecule has 1 fully saturated rings. The minimum atomic E-state index is -4.69. The van der Waals surface area contributed by atoms with Crippen LogP contribution in [-0.4, -0.2) is 77.2 Å². The molecule has 2 amide bonds. The first-order valence-corrected chi connectivity index (χ1v) is 12.6. The van der Waals surface area contributed by atoms with Crippen molar-refractivity contribution in [2.24, 2.45) is 4.99 Å². The topological polar surface area (TPSA) is 103 Å². The number of hydrogen-bond donors (Lipinski definition) is 2. The first-order valence-electron chi connectivity index (χ1n) is 11.4. The molecule has 1 unspecified atom stereocenters. The number of aliphatic imine (C=N–C) groups is 1. The zero-order valence-electron chi connectivity index (χ0n) is 20.5. The molecular weight excluding hydrogens is 531 g/mol. The fraction of sp³-hybridized carbons (Fsp3) is 0.435. The average Bonchev–Trinajstić information content (AvgIpc) is 3.36. The normalized spacial score (nSPS) is 16.2. The van der Waals surface area contributed by atoms with Crippen LogP contribution in [0.5, 0.6) is 0 Å². The number of nitrogens with zero attached hydrogens (tertiary/aromatic N) is 5. The average molecular weight is 558 g/mol. The third-order valence-electron chi connectivity index (χ3n) is 5.64. The van der Waals surface area contributed by atoms with Crippen molar-refractivity contribution in [3.63, 3.8) is 0 Å². The number of pyridine rings is 1. The molecule has 1 saturated heterocycles. The Bertz CT molecular complexity index is 1180. The van der Waals surface area contributed by atoms with E-state index in [1.807, 2.05) is 0 Å². The number of likely N-dealkylation sites (N-methyl/N-ethyl adjacent to an activating group) is 1. The molecule has 0 aromatic carbocycles. The van der Waals surface area contributed by atoms with Crippen molar-refractivity contribution in [1.82, 2.24) is 25.1 Å². The molecule has 0 aliphatic carbocycles. The SMILES string of the molecule is CCN1CCN(C(/C=C/C(=O)NC(C)c2ncc(C(=O)Nc3cc(C(F)(F)F)c(Cl)cn3)s2)=NC)CC1. The van der Waals surface area contributed by atoms with Gasteiger partial charge in [-0.05, 0) is 25.6 Å². The van der Waals surface area contributed by atoms with Crippen LogP contribution in [0.15, 0.2) is 35.6 Å². The molecular formula is C23H27ClF3N7O2S. The molecule has 14 heteroatoms. The number of amides is 2. The first-order chi connectivity index (χ1) is 17.5. The van der Waals surface area contributed by atoms with Gasteiger partial charge in [0.25, 0.3) is 5.91 Å². The zero-order valence-corrected chi connectivity index (χ0v) is 22.0. The summed E-state index contributed by atoms with van der Waals surface area (Å²) >= 11 is 6.56. The molecule has 3 heterocycles. The maximum Gasteiger partial charge on any atom is 0.418 e. The Morgan fingerprint density at radius 2 is 1.92 bits per heavy atom. The number of aromatic nitrogens is 2. The largest absolute Gasteiger partial charge is 0.418 e. The fourth-order valence-electron chi connectivity index (χ4n) is 3.58. The van der Waals surface area contributed by atoms with E-state index in [4.69, 9.17) is 11.6 Å². The number of nitrogens with one attached hydrogen (secondary N) is 2. The maximum atomic E-state index is 13.0. The number of amidine groups is 1. The third-order valence-corrected chi connectivity index (χ3v) is 7.12. The number of hydrogen-bond acceptors (Lipinski definition) is 7. The lowest BCUT2D eigenvalue weighted by Crippen LogP contribution is -2.48. The summed E-state index contributed by atoms with van der Waals surface area (Å²) < 4.78 is 39.1. The Balaban J connectivity index is 1.57. The lowest BCUT2D eigenvalue weighted by Gasteiger charge is -2.35. The number of carbonyl (C=O) groups excluding carboxylic acids is 2. The summed E-state index contributed by atoms with van der Waals surface area (Å²) in [5.74, 6) is -0.618. The van der Waals surface area contributed by atoms with Crippen molar-refractivity contribution >= 4 is 46.4 Å². The van der Waals surface area contributed by atoms with Gasteiger partial charge in [-0.2, -0.15) is 13.2 Å². The number of carbonyl (C=O) groups is 2. The molecule has 0 saturated carbocycles. The molecule has 1 aliphatic rings. The number of thiazole rings is 1. The fourth-order valence-corrected chi connectivity index (χ4v) is 4.61. The van der Waals surface area contributed by atoms with Crippen LogP contribution in [0.4, 0.5) is 19.0 Å². The van der Waals surface area contributed by atoms with Gasteiger partial charge in [-0.1, -0.05) is 18.5 Å². The second-order valence-corrected chi connectivity index (χ2v) is 9.60. The van der Waals surface area contributed by atoms with Crippen LogP contribution in [0.25, 0.3) is 0 Å². The van der Waals surface area contributed by atoms with Crippen LogP contribution >= 0.6 is 22.9 Å². The van der Waals surface area contributed by atoms with Crippen LogP contribution in [0.1, 0.15) is 40.1 Å². The van der Waals surface area contributed by atoms with Crippen molar-refractivity contribution in [3.8, 4) is 0 Å². The predicted molar refractivity (Wildman–Crippen MR) is 137 cm³/mol. The smallest absolute Gasteiger partial charge is 0.354 e. The van der Waals surface area contributed by atoms with Crippen molar-refractivity contribution in [2.45, 2.75) is 26.1 Å². The monoisotopic (exact) mass is 557 g/mol. The number of anilines is 1. The van der Waals surface area contributed by atoms with Gasteiger partial charge in [-0.25, -0.2) is 9.97 Å². The third kappa shape index (κ3) is 7.73. The molecule has 3 rings (SSSR count). The van der Waals surface area contributed by atoms with Gasteiger partial charge in [0.2, 0.25) is 5.91 Å². The molecule has 9 nitrogen and oxygen atoms in total. The van der Waals surface area contributed by atoms with Crippen molar-refractivity contribution in [2.75, 3.05) is 45.1 Å². The Labute approximate surface area is 221 Å². The number of piperazine rings is 1. The van der Waals surface area contributed by atoms with Gasteiger partial charge in [-0.3, -0.25) is 14.6 Å². The summed E-state index contributed by atoms with van der Waals surface area (Å²) in [5, 5.41) is 4.98. The Kier molecular flexibility index (Phi) is 9.62. The van der Waals surface area contributed by atoms with E-state index in [9.17, 15) is 22.8 Å². The van der Waals surface area contributed by atoms with Crippen LogP contribution < -0.4 is 10.6 Å². The highest BCUT2D eigenvalue weighted by Crippen LogP contribution is 2.35. The van der Waals surface area contributed by atoms with Crippen LogP contribution in [0.2, 0.25) is 5.02 Å². The lowest BCUT2D eigenvalue weighted by atomic mass is 10.2. The molecule has 0 radical (unpaired) electrons. The van der Waals surface area contributed by atoms with E-state index in [1.165, 1.54) is 12.3 Å². The molecule has 1 aliphatic heterocycles. The molecule has 2 aromatic heterocycles. The molecule has 0 spiro atoms. The van der Waals surface area contributed by atoms with E-state index >= 15 is 0 Å². The molecule has 200 valence electrons. The maximum absolute atomic E-state index is 13.0. The highest BCUT2D eigenvalue weighted by atomic mass is 35.5. The minimum Gasteiger partial charge on any atom is -0.354 e. The van der Waals surface area contributed by atoms with E-state index < -0.39 is 28.7 Å². The van der Waals surface area contributed by atoms with Gasteiger partial charge in [0.05, 0.1) is 22.8 Å². The molecule has 37 heavy (non-hydrogen) atoms. The molecule has 2 N–H and O–H groups in total. The Morgan fingerprint density at radius 3 is 2.54 bits per heavy atom. The number of halogens is 4. The zero-order chi connectivity index (χ0) is 27.2. The van der Waals surface area contributed by atoms with Crippen molar-refractivity contribution < 1.29 is 22.8 Å². The standard InChI is InChI=1S/C23H27ClF3N7O2S/c1-4-33-7-9-34(10-8-33)19(28-3)5-6-20(35)31-14(2)22-30-13-17(37-22)21(36)32-18-11-15(23(25,26)27)16(24)12-29-18/h5-6,11-14H,4,7-10H2,1-3H3,(H,31,35)(H,29,32,36)/b6-5+,28-19?. The summed E-state index contributed by atoms with van der Waals surface area (Å²) in [6.07, 6.45) is 0.484. The van der Waals surface area contributed by atoms with E-state index in [0.29, 0.717) is 11.1 Å². The summed E-state index contributed by atoms with van der Waals surface area (Å²) in [6.45, 7) is 8.36. The summed E-state index contributed by atoms with van der Waals surface area (Å²) in [4.78, 5) is 41.7. The highest BCUT2D eigenvalue weighted by molar-refractivity contribution is 7.13. The van der Waals surface area contributed by atoms with E-state index in [1.54, 1.807) is 20.0 Å². The Morgan fingerprint density at radius 1 is 1.22 bits per heavy atom. The van der Waals surface area contributed by atoms with Crippen molar-refractivity contribution in [3.05, 3.63) is 51.1 Å². The van der Waals surface area contributed by atoms with E-state index in [-0.39, 0.29) is 16.6 Å². The van der Waals surface area contributed by atoms with Gasteiger partial charge < -0.3 is 20.4 Å². The van der Waals surface area contributed by atoms with Crippen molar-refractivity contribution in [1.29, 1.82) is 0 Å². The summed E-state index contributed by atoms with van der Waals surface area (Å²) in [5.41, 5.74) is -1.10. The number of alkyl halides is 3. The molecule has 0 bridgehead atoms. The second-order valence-electron chi connectivity index (χ2n) is 8.13. The quantitative estimate of drug-likeness (QED) is 0.304. The Hall–Kier alpha value is -3.03. The van der Waals surface area contributed by atoms with E-state index in [2.05, 4.69) is 42.3 Å². The highest BCUT2D eigenvalue weighted by Gasteiger charge is 2.34. The van der Waals surface area contributed by atoms with Gasteiger partial charge >= 0.3 is 6.18 Å². The van der Waals surface area contributed by atoms with Gasteiger partial charge in [0.15, 0.2) is 0 Å². The molecule has 2 aromatic rings. The predicted octanol–water partition coefficient (Wildman–Crippen LogP) is 3.86. The van der Waals surface area contributed by atoms with Crippen LogP contribution in [0.3, 0.4) is 0 Å². The van der Waals surface area contributed by atoms with Gasteiger partial charge in [-0.15, -0.1) is 11.3 Å². The lowest BCUT2D eigenvalue weighted by molar-refractivity contribution is -0.137. The summed E-state index contributed by atoms with van der Waals surface area (Å²) in [6, 6.07) is 0.152. The second kappa shape index (κ2) is 12.5. The van der Waals surface area contributed by atoms with Gasteiger partial charge in [0, 0.05) is 45.5 Å². The first kappa shape index (κ1) is 28.5. The van der Waals surface area contributed by atoms with Gasteiger partial charge in [0.1, 0.15) is 21.5 Å². The van der Waals surface area contributed by atoms with Crippen LogP contribution in [0, 0.1) is 0 Å². The van der Waals surface area contributed by atoms with Crippen LogP contribution in [-0.2, 0) is 11.0 Å². The molecule has 1 atom stereocenters.